The van der Waals surface area contributed by atoms with Gasteiger partial charge in [-0.15, -0.1) is 0 Å². The van der Waals surface area contributed by atoms with Crippen LogP contribution in [-0.2, 0) is 9.59 Å². The minimum absolute atomic E-state index is 0.0219. The molecule has 26 heavy (non-hydrogen) atoms. The molecule has 0 fully saturated rings. The van der Waals surface area contributed by atoms with Crippen LogP contribution in [0.4, 0.5) is 0 Å². The van der Waals surface area contributed by atoms with Crippen LogP contribution < -0.4 is 10.9 Å². The van der Waals surface area contributed by atoms with E-state index in [-0.39, 0.29) is 24.7 Å². The van der Waals surface area contributed by atoms with Crippen LogP contribution in [0.5, 0.6) is 0 Å². The molecule has 0 saturated carbocycles. The third-order valence-electron chi connectivity index (χ3n) is 3.08. The van der Waals surface area contributed by atoms with E-state index in [0.29, 0.717) is 0 Å². The summed E-state index contributed by atoms with van der Waals surface area (Å²) in [6.45, 7) is 0. The van der Waals surface area contributed by atoms with E-state index in [9.17, 15) is 9.59 Å². The van der Waals surface area contributed by atoms with Crippen molar-refractivity contribution in [3.05, 3.63) is 68.6 Å². The molecular weight excluding hydrogens is 464 g/mol. The predicted molar refractivity (Wildman–Crippen MR) is 109 cm³/mol. The number of hydrogen-bond donors (Lipinski definition) is 2. The Balaban J connectivity index is 1.69. The maximum absolute atomic E-state index is 11.7. The Kier molecular flexibility index (Phi) is 8.17. The number of halogens is 2. The van der Waals surface area contributed by atoms with Crippen LogP contribution in [-0.4, -0.2) is 24.2 Å². The summed E-state index contributed by atoms with van der Waals surface area (Å²) >= 11 is 6.71. The standard InChI is InChI=1S/C18H16Br2N4O2/c19-15-5-1-3-13(9-15)11-21-23-17(25)7-8-18(26)24-22-12-14-4-2-6-16(20)10-14/h1-6,9-12H,7-8H2,(H,23,25)(H,24,26)/b21-11-,22-12-. The van der Waals surface area contributed by atoms with Crippen molar-refractivity contribution in [2.45, 2.75) is 12.8 Å². The summed E-state index contributed by atoms with van der Waals surface area (Å²) in [5.74, 6) is -0.690. The Labute approximate surface area is 168 Å². The van der Waals surface area contributed by atoms with E-state index in [1.165, 1.54) is 12.4 Å². The molecule has 0 saturated heterocycles. The first-order chi connectivity index (χ1) is 12.5. The van der Waals surface area contributed by atoms with Gasteiger partial charge in [0.05, 0.1) is 12.4 Å². The summed E-state index contributed by atoms with van der Waals surface area (Å²) in [6.07, 6.45) is 3.11. The third-order valence-corrected chi connectivity index (χ3v) is 4.07. The molecule has 2 aromatic carbocycles. The van der Waals surface area contributed by atoms with Gasteiger partial charge in [0.2, 0.25) is 11.8 Å². The van der Waals surface area contributed by atoms with Crippen molar-refractivity contribution in [3.8, 4) is 0 Å². The molecule has 134 valence electrons. The highest BCUT2D eigenvalue weighted by molar-refractivity contribution is 9.10. The fourth-order valence-corrected chi connectivity index (χ4v) is 2.70. The Morgan fingerprint density at radius 1 is 0.808 bits per heavy atom. The summed E-state index contributed by atoms with van der Waals surface area (Å²) in [6, 6.07) is 15.0. The molecule has 6 nitrogen and oxygen atoms in total. The lowest BCUT2D eigenvalue weighted by Crippen LogP contribution is -2.22. The molecule has 0 spiro atoms. The van der Waals surface area contributed by atoms with Gasteiger partial charge in [-0.2, -0.15) is 10.2 Å². The molecule has 2 amide bonds. The molecule has 8 heteroatoms. The summed E-state index contributed by atoms with van der Waals surface area (Å²) in [5.41, 5.74) is 6.46. The van der Waals surface area contributed by atoms with Gasteiger partial charge in [-0.25, -0.2) is 10.9 Å². The minimum Gasteiger partial charge on any atom is -0.273 e. The van der Waals surface area contributed by atoms with E-state index >= 15 is 0 Å². The lowest BCUT2D eigenvalue weighted by atomic mass is 10.2. The highest BCUT2D eigenvalue weighted by Crippen LogP contribution is 2.10. The van der Waals surface area contributed by atoms with Crippen LogP contribution in [0.25, 0.3) is 0 Å². The number of rotatable bonds is 7. The number of nitrogens with zero attached hydrogens (tertiary/aromatic N) is 2. The normalized spacial score (nSPS) is 11.0. The minimum atomic E-state index is -0.345. The Hall–Kier alpha value is -2.32. The van der Waals surface area contributed by atoms with E-state index < -0.39 is 0 Å². The zero-order valence-electron chi connectivity index (χ0n) is 13.7. The summed E-state index contributed by atoms with van der Waals surface area (Å²) in [5, 5.41) is 7.72. The number of hydrogen-bond acceptors (Lipinski definition) is 4. The van der Waals surface area contributed by atoms with Gasteiger partial charge in [0, 0.05) is 21.8 Å². The van der Waals surface area contributed by atoms with Crippen molar-refractivity contribution < 1.29 is 9.59 Å². The van der Waals surface area contributed by atoms with Crippen LogP contribution in [0.2, 0.25) is 0 Å². The molecular formula is C18H16Br2N4O2. The molecule has 2 N–H and O–H groups in total. The first kappa shape index (κ1) is 20.0. The second kappa shape index (κ2) is 10.6. The molecule has 0 atom stereocenters. The molecule has 0 radical (unpaired) electrons. The molecule has 0 aromatic heterocycles. The second-order valence-corrected chi connectivity index (χ2v) is 7.03. The predicted octanol–water partition coefficient (Wildman–Crippen LogP) is 3.59. The fraction of sp³-hybridized carbons (Fsp3) is 0.111. The number of carbonyl (C=O) groups is 2. The lowest BCUT2D eigenvalue weighted by molar-refractivity contribution is -0.126. The number of hydrazone groups is 2. The van der Waals surface area contributed by atoms with E-state index in [0.717, 1.165) is 20.1 Å². The highest BCUT2D eigenvalue weighted by Gasteiger charge is 2.05. The van der Waals surface area contributed by atoms with Crippen LogP contribution in [0.3, 0.4) is 0 Å². The van der Waals surface area contributed by atoms with Gasteiger partial charge in [0.1, 0.15) is 0 Å². The van der Waals surface area contributed by atoms with Crippen molar-refractivity contribution in [1.29, 1.82) is 0 Å². The first-order valence-electron chi connectivity index (χ1n) is 7.68. The largest absolute Gasteiger partial charge is 0.273 e. The van der Waals surface area contributed by atoms with Gasteiger partial charge >= 0.3 is 0 Å². The average Bonchev–Trinajstić information content (AvgIpc) is 2.60. The Morgan fingerprint density at radius 3 is 1.62 bits per heavy atom. The molecule has 2 aromatic rings. The molecule has 0 unspecified atom stereocenters. The number of nitrogens with one attached hydrogen (secondary N) is 2. The zero-order chi connectivity index (χ0) is 18.8. The molecule has 0 aliphatic heterocycles. The summed E-state index contributed by atoms with van der Waals surface area (Å²) in [7, 11) is 0. The SMILES string of the molecule is O=C(CCC(=O)N/N=C\c1cccc(Br)c1)N/N=C\c1cccc(Br)c1. The monoisotopic (exact) mass is 478 g/mol. The zero-order valence-corrected chi connectivity index (χ0v) is 16.8. The molecule has 0 aliphatic carbocycles. The highest BCUT2D eigenvalue weighted by atomic mass is 79.9. The third kappa shape index (κ3) is 7.71. The van der Waals surface area contributed by atoms with Gasteiger partial charge in [-0.3, -0.25) is 9.59 Å². The maximum atomic E-state index is 11.7. The van der Waals surface area contributed by atoms with Gasteiger partial charge < -0.3 is 0 Å². The number of carbonyl (C=O) groups excluding carboxylic acids is 2. The fourth-order valence-electron chi connectivity index (χ4n) is 1.87. The van der Waals surface area contributed by atoms with Crippen LogP contribution in [0, 0.1) is 0 Å². The lowest BCUT2D eigenvalue weighted by Gasteiger charge is -2.00. The molecule has 0 aliphatic rings. The molecule has 0 bridgehead atoms. The quantitative estimate of drug-likeness (QED) is 0.469. The van der Waals surface area contributed by atoms with Gasteiger partial charge in [0.25, 0.3) is 0 Å². The van der Waals surface area contributed by atoms with Crippen LogP contribution in [0.15, 0.2) is 67.7 Å². The van der Waals surface area contributed by atoms with Gasteiger partial charge in [-0.05, 0) is 35.4 Å². The van der Waals surface area contributed by atoms with Crippen LogP contribution in [0.1, 0.15) is 24.0 Å². The smallest absolute Gasteiger partial charge is 0.240 e. The van der Waals surface area contributed by atoms with Crippen LogP contribution >= 0.6 is 31.9 Å². The van der Waals surface area contributed by atoms with E-state index in [2.05, 4.69) is 52.9 Å². The maximum Gasteiger partial charge on any atom is 0.240 e. The molecule has 0 heterocycles. The van der Waals surface area contributed by atoms with Crippen molar-refractivity contribution in [1.82, 2.24) is 10.9 Å². The topological polar surface area (TPSA) is 82.9 Å². The molecule has 2 rings (SSSR count). The van der Waals surface area contributed by atoms with Gasteiger partial charge in [-0.1, -0.05) is 56.1 Å². The number of benzene rings is 2. The Bertz CT molecular complexity index is 768. The van der Waals surface area contributed by atoms with Crippen molar-refractivity contribution in [2.75, 3.05) is 0 Å². The summed E-state index contributed by atoms with van der Waals surface area (Å²) < 4.78 is 1.85. The summed E-state index contributed by atoms with van der Waals surface area (Å²) in [4.78, 5) is 23.4. The number of amides is 2. The van der Waals surface area contributed by atoms with Crippen molar-refractivity contribution in [2.24, 2.45) is 10.2 Å². The average molecular weight is 480 g/mol. The van der Waals surface area contributed by atoms with Gasteiger partial charge in [0.15, 0.2) is 0 Å². The van der Waals surface area contributed by atoms with Crippen molar-refractivity contribution in [3.63, 3.8) is 0 Å². The van der Waals surface area contributed by atoms with E-state index in [1.54, 1.807) is 0 Å². The van der Waals surface area contributed by atoms with Crippen molar-refractivity contribution >= 4 is 56.1 Å². The second-order valence-electron chi connectivity index (χ2n) is 5.20. The first-order valence-corrected chi connectivity index (χ1v) is 9.26. The van der Waals surface area contributed by atoms with E-state index in [1.807, 2.05) is 48.5 Å². The van der Waals surface area contributed by atoms with E-state index in [4.69, 9.17) is 0 Å². The Morgan fingerprint density at radius 2 is 1.23 bits per heavy atom.